The average Bonchev–Trinajstić information content (AvgIpc) is 2.97. The van der Waals surface area contributed by atoms with Crippen LogP contribution < -0.4 is 10.6 Å². The second kappa shape index (κ2) is 8.58. The third-order valence-corrected chi connectivity index (χ3v) is 5.56. The molecule has 8 heteroatoms. The van der Waals surface area contributed by atoms with Crippen molar-refractivity contribution in [2.75, 3.05) is 5.32 Å². The molecule has 0 aromatic heterocycles. The van der Waals surface area contributed by atoms with Gasteiger partial charge in [-0.05, 0) is 17.7 Å². The largest absolute Gasteiger partial charge is 0.325 e. The Hall–Kier alpha value is -2.02. The summed E-state index contributed by atoms with van der Waals surface area (Å²) in [5, 5.41) is 6.02. The van der Waals surface area contributed by atoms with Crippen LogP contribution in [0.5, 0.6) is 0 Å². The van der Waals surface area contributed by atoms with Crippen molar-refractivity contribution in [2.45, 2.75) is 18.2 Å². The number of benzene rings is 2. The second-order valence-electron chi connectivity index (χ2n) is 5.56. The lowest BCUT2D eigenvalue weighted by Crippen LogP contribution is -2.28. The first-order valence-electron chi connectivity index (χ1n) is 7.82. The van der Waals surface area contributed by atoms with Crippen LogP contribution in [0.2, 0.25) is 10.0 Å². The van der Waals surface area contributed by atoms with Gasteiger partial charge >= 0.3 is 0 Å². The summed E-state index contributed by atoms with van der Waals surface area (Å²) in [6, 6.07) is 14.7. The topological polar surface area (TPSA) is 70.6 Å². The summed E-state index contributed by atoms with van der Waals surface area (Å²) in [5.41, 5.74) is 1.47. The smallest absolute Gasteiger partial charge is 0.240 e. The van der Waals surface area contributed by atoms with Gasteiger partial charge in [-0.1, -0.05) is 71.4 Å². The molecule has 0 unspecified atom stereocenters. The van der Waals surface area contributed by atoms with Crippen molar-refractivity contribution in [3.05, 3.63) is 64.1 Å². The van der Waals surface area contributed by atoms with Crippen molar-refractivity contribution >= 4 is 57.6 Å². The molecule has 0 bridgehead atoms. The first-order chi connectivity index (χ1) is 12.5. The zero-order chi connectivity index (χ0) is 18.5. The Bertz CT molecular complexity index is 859. The van der Waals surface area contributed by atoms with E-state index in [0.717, 1.165) is 5.56 Å². The molecular weight excluding hydrogens is 393 g/mol. The molecule has 1 saturated heterocycles. The van der Waals surface area contributed by atoms with Crippen LogP contribution in [0.4, 0.5) is 5.69 Å². The summed E-state index contributed by atoms with van der Waals surface area (Å²) in [4.78, 5) is 28.7. The summed E-state index contributed by atoms with van der Waals surface area (Å²) in [6.45, 7) is 0.473. The predicted octanol–water partition coefficient (Wildman–Crippen LogP) is 4.11. The molecule has 134 valence electrons. The summed E-state index contributed by atoms with van der Waals surface area (Å²) in [6.07, 6.45) is 0.0176. The summed E-state index contributed by atoms with van der Waals surface area (Å²) >= 11 is 13.2. The van der Waals surface area contributed by atoms with Gasteiger partial charge in [0.1, 0.15) is 5.25 Å². The predicted molar refractivity (Wildman–Crippen MR) is 107 cm³/mol. The van der Waals surface area contributed by atoms with Crippen LogP contribution in [0.15, 0.2) is 53.5 Å². The lowest BCUT2D eigenvalue weighted by molar-refractivity contribution is -0.122. The van der Waals surface area contributed by atoms with Crippen LogP contribution in [-0.4, -0.2) is 22.2 Å². The molecule has 3 rings (SSSR count). The number of rotatable bonds is 5. The minimum absolute atomic E-state index is 0.0176. The Morgan fingerprint density at radius 2 is 1.92 bits per heavy atom. The van der Waals surface area contributed by atoms with E-state index < -0.39 is 5.25 Å². The van der Waals surface area contributed by atoms with Crippen molar-refractivity contribution < 1.29 is 9.59 Å². The number of nitrogens with zero attached hydrogens (tertiary/aromatic N) is 1. The minimum Gasteiger partial charge on any atom is -0.325 e. The Labute approximate surface area is 165 Å². The molecule has 26 heavy (non-hydrogen) atoms. The van der Waals surface area contributed by atoms with E-state index in [1.54, 1.807) is 18.2 Å². The van der Waals surface area contributed by atoms with Gasteiger partial charge in [-0.25, -0.2) is 0 Å². The number of nitrogens with one attached hydrogen (secondary N) is 2. The van der Waals surface area contributed by atoms with Crippen LogP contribution >= 0.6 is 35.0 Å². The highest BCUT2D eigenvalue weighted by molar-refractivity contribution is 8.15. The Morgan fingerprint density at radius 3 is 2.69 bits per heavy atom. The monoisotopic (exact) mass is 407 g/mol. The third kappa shape index (κ3) is 4.78. The minimum atomic E-state index is -0.525. The first kappa shape index (κ1) is 18.8. The lowest BCUT2D eigenvalue weighted by Gasteiger charge is -2.09. The van der Waals surface area contributed by atoms with Crippen LogP contribution in [0, 0.1) is 0 Å². The number of thioether (sulfide) groups is 1. The molecule has 0 spiro atoms. The molecule has 2 aromatic rings. The molecule has 1 atom stereocenters. The SMILES string of the molecule is O=C(C[C@@H]1SC(=NCc2ccccc2)NC1=O)Nc1cccc(Cl)c1Cl. The second-order valence-corrected chi connectivity index (χ2v) is 7.53. The van der Waals surface area contributed by atoms with Gasteiger partial charge in [0.15, 0.2) is 5.17 Å². The first-order valence-corrected chi connectivity index (χ1v) is 9.46. The number of amidine groups is 1. The Kier molecular flexibility index (Phi) is 6.19. The molecule has 1 aliphatic rings. The number of amides is 2. The zero-order valence-corrected chi connectivity index (χ0v) is 15.9. The molecule has 1 aliphatic heterocycles. The number of hydrogen-bond acceptors (Lipinski definition) is 4. The Balaban J connectivity index is 1.57. The Morgan fingerprint density at radius 1 is 1.15 bits per heavy atom. The molecule has 5 nitrogen and oxygen atoms in total. The van der Waals surface area contributed by atoms with Gasteiger partial charge in [-0.2, -0.15) is 0 Å². The maximum atomic E-state index is 12.2. The lowest BCUT2D eigenvalue weighted by atomic mass is 10.2. The number of halogens is 2. The van der Waals surface area contributed by atoms with Crippen molar-refractivity contribution in [1.82, 2.24) is 5.32 Å². The molecule has 2 N–H and O–H groups in total. The highest BCUT2D eigenvalue weighted by Crippen LogP contribution is 2.30. The third-order valence-electron chi connectivity index (χ3n) is 3.62. The number of carbonyl (C=O) groups excluding carboxylic acids is 2. The van der Waals surface area contributed by atoms with E-state index in [-0.39, 0.29) is 23.3 Å². The molecule has 1 fully saturated rings. The van der Waals surface area contributed by atoms with Crippen LogP contribution in [0.25, 0.3) is 0 Å². The van der Waals surface area contributed by atoms with E-state index in [4.69, 9.17) is 23.2 Å². The fraction of sp³-hybridized carbons (Fsp3) is 0.167. The normalized spacial score (nSPS) is 18.0. The van der Waals surface area contributed by atoms with E-state index in [1.165, 1.54) is 11.8 Å². The van der Waals surface area contributed by atoms with Crippen LogP contribution in [0.3, 0.4) is 0 Å². The quantitative estimate of drug-likeness (QED) is 0.782. The maximum absolute atomic E-state index is 12.2. The van der Waals surface area contributed by atoms with Gasteiger partial charge in [-0.3, -0.25) is 14.6 Å². The number of hydrogen-bond donors (Lipinski definition) is 2. The molecule has 0 saturated carbocycles. The van der Waals surface area contributed by atoms with E-state index >= 15 is 0 Å². The van der Waals surface area contributed by atoms with Gasteiger partial charge < -0.3 is 10.6 Å². The van der Waals surface area contributed by atoms with Crippen LogP contribution in [-0.2, 0) is 16.1 Å². The van der Waals surface area contributed by atoms with Gasteiger partial charge in [0.2, 0.25) is 11.8 Å². The number of carbonyl (C=O) groups is 2. The van der Waals surface area contributed by atoms with Crippen molar-refractivity contribution in [3.63, 3.8) is 0 Å². The van der Waals surface area contributed by atoms with Crippen molar-refractivity contribution in [1.29, 1.82) is 0 Å². The summed E-state index contributed by atoms with van der Waals surface area (Å²) in [7, 11) is 0. The highest BCUT2D eigenvalue weighted by Gasteiger charge is 2.32. The van der Waals surface area contributed by atoms with Crippen LogP contribution in [0.1, 0.15) is 12.0 Å². The maximum Gasteiger partial charge on any atom is 0.240 e. The molecule has 2 amide bonds. The standard InChI is InChI=1S/C18H15Cl2N3O2S/c19-12-7-4-8-13(16(12)20)22-15(24)9-14-17(25)23-18(26-14)21-10-11-5-2-1-3-6-11/h1-8,14H,9-10H2,(H,22,24)(H,21,23,25)/t14-/m0/s1. The van der Waals surface area contributed by atoms with E-state index in [0.29, 0.717) is 22.4 Å². The van der Waals surface area contributed by atoms with E-state index in [1.807, 2.05) is 30.3 Å². The van der Waals surface area contributed by atoms with Gasteiger partial charge in [0.25, 0.3) is 0 Å². The molecule has 2 aromatic carbocycles. The fourth-order valence-electron chi connectivity index (χ4n) is 2.33. The van der Waals surface area contributed by atoms with Gasteiger partial charge in [-0.15, -0.1) is 0 Å². The average molecular weight is 408 g/mol. The van der Waals surface area contributed by atoms with E-state index in [9.17, 15) is 9.59 Å². The van der Waals surface area contributed by atoms with Crippen molar-refractivity contribution in [2.24, 2.45) is 4.99 Å². The molecule has 1 heterocycles. The highest BCUT2D eigenvalue weighted by atomic mass is 35.5. The zero-order valence-electron chi connectivity index (χ0n) is 13.5. The molecular formula is C18H15Cl2N3O2S. The summed E-state index contributed by atoms with van der Waals surface area (Å²) in [5.74, 6) is -0.541. The molecule has 0 aliphatic carbocycles. The van der Waals surface area contributed by atoms with Crippen molar-refractivity contribution in [3.8, 4) is 0 Å². The van der Waals surface area contributed by atoms with Gasteiger partial charge in [0, 0.05) is 6.42 Å². The summed E-state index contributed by atoms with van der Waals surface area (Å²) < 4.78 is 0. The molecule has 0 radical (unpaired) electrons. The number of anilines is 1. The van der Waals surface area contributed by atoms with E-state index in [2.05, 4.69) is 15.6 Å². The number of aliphatic imine (C=N–C) groups is 1. The fourth-order valence-corrected chi connectivity index (χ4v) is 3.65. The van der Waals surface area contributed by atoms with Gasteiger partial charge in [0.05, 0.1) is 22.3 Å².